The molecule has 0 atom stereocenters. The minimum atomic E-state index is -5.71. The molecule has 0 bridgehead atoms. The van der Waals surface area contributed by atoms with Crippen LogP contribution in [0.2, 0.25) is 0 Å². The van der Waals surface area contributed by atoms with E-state index in [-0.39, 0.29) is 0 Å². The van der Waals surface area contributed by atoms with Gasteiger partial charge in [0.15, 0.2) is 0 Å². The van der Waals surface area contributed by atoms with E-state index in [1.807, 2.05) is 0 Å². The largest absolute Gasteiger partial charge is 0.744 e. The minimum Gasteiger partial charge on any atom is -0.744 e. The number of rotatable bonds is 1. The van der Waals surface area contributed by atoms with Crippen LogP contribution in [0.3, 0.4) is 0 Å². The van der Waals surface area contributed by atoms with Crippen molar-refractivity contribution >= 4 is 10.1 Å². The van der Waals surface area contributed by atoms with Crippen LogP contribution in [0.4, 0.5) is 26.3 Å². The summed E-state index contributed by atoms with van der Waals surface area (Å²) in [6.07, 6.45) is -10.7. The quantitative estimate of drug-likeness (QED) is 0.353. The molecule has 0 aliphatic rings. The van der Waals surface area contributed by atoms with Crippen molar-refractivity contribution in [2.24, 2.45) is 0 Å². The maximum atomic E-state index is 14.3. The fourth-order valence-corrected chi connectivity index (χ4v) is 5.04. The van der Waals surface area contributed by atoms with Crippen LogP contribution in [-0.4, -0.2) is 13.0 Å². The maximum Gasteiger partial charge on any atom is 0.417 e. The Kier molecular flexibility index (Phi) is 6.34. The molecule has 0 amide bonds. The second-order valence-corrected chi connectivity index (χ2v) is 11.7. The van der Waals surface area contributed by atoms with E-state index in [1.54, 1.807) is 0 Å². The van der Waals surface area contributed by atoms with Crippen LogP contribution in [0.25, 0.3) is 0 Å². The van der Waals surface area contributed by atoms with E-state index in [0.717, 1.165) is 0 Å². The topological polar surface area (TPSA) is 57.2 Å². The predicted octanol–water partition coefficient (Wildman–Crippen LogP) is 6.52. The van der Waals surface area contributed by atoms with Crippen molar-refractivity contribution in [1.82, 2.24) is 0 Å². The fraction of sp³-hybridized carbons (Fsp3) is 0.700. The third-order valence-corrected chi connectivity index (χ3v) is 5.43. The molecule has 0 aliphatic carbocycles. The molecule has 30 heavy (non-hydrogen) atoms. The molecule has 0 heterocycles. The summed E-state index contributed by atoms with van der Waals surface area (Å²) in [6.45, 7) is 11.0. The van der Waals surface area contributed by atoms with E-state index in [2.05, 4.69) is 0 Å². The monoisotopic (exact) mass is 461 g/mol. The Labute approximate surface area is 173 Å². The molecule has 0 unspecified atom stereocenters. The second kappa shape index (κ2) is 7.12. The first-order valence-electron chi connectivity index (χ1n) is 9.09. The van der Waals surface area contributed by atoms with Gasteiger partial charge in [0.05, 0.1) is 16.0 Å². The Balaban J connectivity index is 4.94. The molecule has 0 saturated carbocycles. The van der Waals surface area contributed by atoms with Crippen LogP contribution >= 0.6 is 0 Å². The van der Waals surface area contributed by atoms with E-state index < -0.39 is 71.4 Å². The van der Waals surface area contributed by atoms with Crippen molar-refractivity contribution in [3.05, 3.63) is 27.8 Å². The summed E-state index contributed by atoms with van der Waals surface area (Å²) in [5.41, 5.74) is -11.2. The first kappa shape index (κ1) is 26.7. The molecule has 3 nitrogen and oxygen atoms in total. The molecule has 0 spiro atoms. The third kappa shape index (κ3) is 5.12. The van der Waals surface area contributed by atoms with Gasteiger partial charge in [-0.05, 0) is 32.9 Å². The van der Waals surface area contributed by atoms with Gasteiger partial charge in [0.2, 0.25) is 0 Å². The summed E-state index contributed by atoms with van der Waals surface area (Å²) < 4.78 is 122. The Morgan fingerprint density at radius 2 is 0.767 bits per heavy atom. The van der Waals surface area contributed by atoms with Crippen LogP contribution in [0, 0.1) is 0 Å². The van der Waals surface area contributed by atoms with Crippen molar-refractivity contribution in [2.45, 2.75) is 95.8 Å². The molecular weight excluding hydrogens is 434 g/mol. The Hall–Kier alpha value is -1.29. The zero-order chi connectivity index (χ0) is 24.5. The highest BCUT2D eigenvalue weighted by Gasteiger charge is 2.52. The lowest BCUT2D eigenvalue weighted by molar-refractivity contribution is -0.147. The molecule has 0 aliphatic heterocycles. The standard InChI is InChI=1S/C20H28F6O3S/c1-16(2,3)10-11(19(21,22)23)13(17(4,5)6)15(30(27,28)29)14(18(7,8)9)12(10)20(24,25)26/h1-9H3,(H,27,28,29)/p-1. The molecule has 10 heteroatoms. The summed E-state index contributed by atoms with van der Waals surface area (Å²) >= 11 is 0. The van der Waals surface area contributed by atoms with E-state index in [4.69, 9.17) is 0 Å². The van der Waals surface area contributed by atoms with Gasteiger partial charge in [-0.3, -0.25) is 0 Å². The van der Waals surface area contributed by atoms with Crippen LogP contribution in [0.5, 0.6) is 0 Å². The highest BCUT2D eigenvalue weighted by molar-refractivity contribution is 7.85. The van der Waals surface area contributed by atoms with Gasteiger partial charge in [-0.1, -0.05) is 62.3 Å². The highest BCUT2D eigenvalue weighted by atomic mass is 32.2. The van der Waals surface area contributed by atoms with Crippen LogP contribution in [-0.2, 0) is 38.7 Å². The summed E-state index contributed by atoms with van der Waals surface area (Å²) in [4.78, 5) is -1.44. The van der Waals surface area contributed by atoms with E-state index >= 15 is 0 Å². The summed E-state index contributed by atoms with van der Waals surface area (Å²) in [5, 5.41) is 0. The lowest BCUT2D eigenvalue weighted by Crippen LogP contribution is -2.36. The number of alkyl halides is 6. The summed E-state index contributed by atoms with van der Waals surface area (Å²) in [6, 6.07) is 0. The van der Waals surface area contributed by atoms with Crippen LogP contribution < -0.4 is 0 Å². The van der Waals surface area contributed by atoms with Gasteiger partial charge in [-0.2, -0.15) is 26.3 Å². The highest BCUT2D eigenvalue weighted by Crippen LogP contribution is 2.54. The van der Waals surface area contributed by atoms with Crippen molar-refractivity contribution in [1.29, 1.82) is 0 Å². The van der Waals surface area contributed by atoms with Gasteiger partial charge in [0, 0.05) is 0 Å². The molecule has 0 aromatic heterocycles. The molecule has 0 saturated heterocycles. The van der Waals surface area contributed by atoms with Crippen molar-refractivity contribution < 1.29 is 39.3 Å². The Bertz CT molecular complexity index is 883. The number of halogens is 6. The summed E-state index contributed by atoms with van der Waals surface area (Å²) in [7, 11) is -5.71. The molecular formula is C20H27F6O3S-. The van der Waals surface area contributed by atoms with Gasteiger partial charge in [-0.15, -0.1) is 0 Å². The third-order valence-electron chi connectivity index (χ3n) is 4.52. The van der Waals surface area contributed by atoms with E-state index in [9.17, 15) is 39.3 Å². The zero-order valence-electron chi connectivity index (χ0n) is 18.4. The number of benzene rings is 1. The first-order valence-corrected chi connectivity index (χ1v) is 10.5. The fourth-order valence-electron chi connectivity index (χ4n) is 3.73. The zero-order valence-corrected chi connectivity index (χ0v) is 19.2. The lowest BCUT2D eigenvalue weighted by atomic mass is 9.68. The molecule has 1 aromatic rings. The van der Waals surface area contributed by atoms with Gasteiger partial charge in [-0.25, -0.2) is 8.42 Å². The van der Waals surface area contributed by atoms with Gasteiger partial charge >= 0.3 is 12.4 Å². The van der Waals surface area contributed by atoms with Gasteiger partial charge in [0.25, 0.3) is 0 Å². The predicted molar refractivity (Wildman–Crippen MR) is 101 cm³/mol. The first-order chi connectivity index (χ1) is 12.7. The van der Waals surface area contributed by atoms with Crippen molar-refractivity contribution in [3.8, 4) is 0 Å². The average molecular weight is 461 g/mol. The SMILES string of the molecule is CC(C)(C)c1c(C(F)(F)F)c(C(C)(C)C)c(S(=O)(=O)[O-])c(C(C)(C)C)c1C(F)(F)F. The minimum absolute atomic E-state index is 0.937. The van der Waals surface area contributed by atoms with Crippen LogP contribution in [0.15, 0.2) is 4.90 Å². The normalized spacial score (nSPS) is 14.9. The molecule has 0 N–H and O–H groups in total. The Morgan fingerprint density at radius 3 is 0.900 bits per heavy atom. The molecule has 1 rings (SSSR count). The van der Waals surface area contributed by atoms with Crippen molar-refractivity contribution in [3.63, 3.8) is 0 Å². The smallest absolute Gasteiger partial charge is 0.417 e. The second-order valence-electron chi connectivity index (χ2n) is 10.4. The average Bonchev–Trinajstić information content (AvgIpc) is 2.37. The van der Waals surface area contributed by atoms with E-state index in [1.165, 1.54) is 62.3 Å². The van der Waals surface area contributed by atoms with Gasteiger partial charge < -0.3 is 4.55 Å². The van der Waals surface area contributed by atoms with Crippen LogP contribution in [0.1, 0.15) is 90.1 Å². The van der Waals surface area contributed by atoms with E-state index in [0.29, 0.717) is 0 Å². The number of hydrogen-bond donors (Lipinski definition) is 0. The molecule has 0 radical (unpaired) electrons. The van der Waals surface area contributed by atoms with Crippen molar-refractivity contribution in [2.75, 3.05) is 0 Å². The lowest BCUT2D eigenvalue weighted by Gasteiger charge is -2.40. The Morgan fingerprint density at radius 1 is 0.533 bits per heavy atom. The molecule has 0 fully saturated rings. The summed E-state index contributed by atoms with van der Waals surface area (Å²) in [5.74, 6) is 0. The van der Waals surface area contributed by atoms with Gasteiger partial charge in [0.1, 0.15) is 10.1 Å². The molecule has 1 aromatic carbocycles. The number of hydrogen-bond acceptors (Lipinski definition) is 3. The maximum absolute atomic E-state index is 14.3. The molecule has 174 valence electrons.